The number of rotatable bonds is 3. The lowest BCUT2D eigenvalue weighted by Gasteiger charge is -2.41. The van der Waals surface area contributed by atoms with E-state index in [-0.39, 0.29) is 0 Å². The van der Waals surface area contributed by atoms with Crippen molar-refractivity contribution < 1.29 is 0 Å². The standard InChI is InChI=1S/C22H15Cl4N/c23-20-19(16-10-4-1-5-11-16)27(26)22(25,18-14-8-3-9-15-18)21(20,24)17-12-6-2-7-13-17/h1-15H. The minimum Gasteiger partial charge on any atom is -0.256 e. The second-order valence-electron chi connectivity index (χ2n) is 6.32. The maximum atomic E-state index is 7.28. The van der Waals surface area contributed by atoms with Crippen LogP contribution in [0.25, 0.3) is 5.70 Å². The summed E-state index contributed by atoms with van der Waals surface area (Å²) in [5.41, 5.74) is 2.96. The highest BCUT2D eigenvalue weighted by Gasteiger charge is 2.64. The minimum atomic E-state index is -1.32. The van der Waals surface area contributed by atoms with Gasteiger partial charge in [0.25, 0.3) is 0 Å². The van der Waals surface area contributed by atoms with Crippen LogP contribution in [-0.4, -0.2) is 4.42 Å². The van der Waals surface area contributed by atoms with Gasteiger partial charge in [-0.25, -0.2) is 0 Å². The van der Waals surface area contributed by atoms with E-state index in [2.05, 4.69) is 0 Å². The maximum absolute atomic E-state index is 7.28. The molecule has 0 aromatic heterocycles. The molecule has 0 amide bonds. The van der Waals surface area contributed by atoms with Gasteiger partial charge in [0.15, 0.2) is 5.00 Å². The van der Waals surface area contributed by atoms with Crippen LogP contribution in [0, 0.1) is 0 Å². The molecule has 0 saturated heterocycles. The molecule has 0 saturated carbocycles. The van der Waals surface area contributed by atoms with E-state index in [1.165, 1.54) is 4.42 Å². The molecule has 0 radical (unpaired) electrons. The second kappa shape index (κ2) is 7.07. The normalized spacial score (nSPS) is 25.1. The van der Waals surface area contributed by atoms with Crippen LogP contribution in [-0.2, 0) is 9.87 Å². The zero-order chi connectivity index (χ0) is 19.1. The number of benzene rings is 3. The van der Waals surface area contributed by atoms with E-state index < -0.39 is 9.87 Å². The molecule has 1 aliphatic rings. The van der Waals surface area contributed by atoms with Gasteiger partial charge in [-0.05, 0) is 11.1 Å². The lowest BCUT2D eigenvalue weighted by atomic mass is 9.87. The minimum absolute atomic E-state index is 0.385. The summed E-state index contributed by atoms with van der Waals surface area (Å²) < 4.78 is 1.46. The van der Waals surface area contributed by atoms with E-state index in [9.17, 15) is 0 Å². The first-order valence-corrected chi connectivity index (χ1v) is 9.89. The third kappa shape index (κ3) is 2.68. The third-order valence-corrected chi connectivity index (χ3v) is 7.33. The zero-order valence-electron chi connectivity index (χ0n) is 14.1. The SMILES string of the molecule is ClC1=C(c2ccccc2)N(Cl)C(Cl)(c2ccccc2)C1(Cl)c1ccccc1. The molecule has 27 heavy (non-hydrogen) atoms. The average Bonchev–Trinajstić information content (AvgIpc) is 2.89. The highest BCUT2D eigenvalue weighted by atomic mass is 35.5. The lowest BCUT2D eigenvalue weighted by Crippen LogP contribution is -2.44. The molecule has 3 aromatic rings. The van der Waals surface area contributed by atoms with Crippen molar-refractivity contribution in [3.8, 4) is 0 Å². The molecule has 1 nitrogen and oxygen atoms in total. The van der Waals surface area contributed by atoms with Crippen molar-refractivity contribution in [1.82, 2.24) is 4.42 Å². The molecule has 2 atom stereocenters. The van der Waals surface area contributed by atoms with Gasteiger partial charge < -0.3 is 0 Å². The Hall–Kier alpha value is -1.64. The fourth-order valence-corrected chi connectivity index (χ4v) is 5.28. The van der Waals surface area contributed by atoms with Crippen LogP contribution in [0.2, 0.25) is 0 Å². The van der Waals surface area contributed by atoms with Crippen LogP contribution in [0.1, 0.15) is 16.7 Å². The van der Waals surface area contributed by atoms with Crippen LogP contribution in [0.5, 0.6) is 0 Å². The first kappa shape index (κ1) is 18.7. The molecule has 0 aliphatic carbocycles. The molecule has 4 rings (SSSR count). The quantitative estimate of drug-likeness (QED) is 0.237. The largest absolute Gasteiger partial charge is 0.256 e. The van der Waals surface area contributed by atoms with Crippen molar-refractivity contribution in [3.63, 3.8) is 0 Å². The Morgan fingerprint density at radius 1 is 0.630 bits per heavy atom. The third-order valence-electron chi connectivity index (χ3n) is 4.81. The first-order valence-electron chi connectivity index (χ1n) is 8.42. The predicted octanol–water partition coefficient (Wildman–Crippen LogP) is 7.29. The van der Waals surface area contributed by atoms with Gasteiger partial charge in [-0.3, -0.25) is 4.42 Å². The lowest BCUT2D eigenvalue weighted by molar-refractivity contribution is 0.360. The number of alkyl halides is 2. The summed E-state index contributed by atoms with van der Waals surface area (Å²) in [5, 5.41) is 0.385. The molecular formula is C22H15Cl4N. The van der Waals surface area contributed by atoms with Crippen molar-refractivity contribution in [2.24, 2.45) is 0 Å². The molecule has 3 aromatic carbocycles. The van der Waals surface area contributed by atoms with Gasteiger partial charge in [0.05, 0.1) is 10.7 Å². The smallest absolute Gasteiger partial charge is 0.183 e. The van der Waals surface area contributed by atoms with E-state index in [1.54, 1.807) is 0 Å². The summed E-state index contributed by atoms with van der Waals surface area (Å²) in [5.74, 6) is 0. The van der Waals surface area contributed by atoms with E-state index >= 15 is 0 Å². The van der Waals surface area contributed by atoms with E-state index in [4.69, 9.17) is 46.6 Å². The summed E-state index contributed by atoms with van der Waals surface area (Å²) in [7, 11) is 0. The van der Waals surface area contributed by atoms with E-state index in [0.29, 0.717) is 10.7 Å². The Morgan fingerprint density at radius 3 is 1.59 bits per heavy atom. The first-order chi connectivity index (χ1) is 13.0. The summed E-state index contributed by atoms with van der Waals surface area (Å²) in [6.07, 6.45) is 0. The van der Waals surface area contributed by atoms with Crippen LogP contribution in [0.4, 0.5) is 0 Å². The van der Waals surface area contributed by atoms with Gasteiger partial charge in [-0.15, -0.1) is 11.6 Å². The number of hydrogen-bond donors (Lipinski definition) is 0. The van der Waals surface area contributed by atoms with E-state index in [1.807, 2.05) is 91.0 Å². The van der Waals surface area contributed by atoms with Crippen molar-refractivity contribution >= 4 is 52.3 Å². The highest BCUT2D eigenvalue weighted by Crippen LogP contribution is 2.66. The molecule has 2 unspecified atom stereocenters. The summed E-state index contributed by atoms with van der Waals surface area (Å²) in [6.45, 7) is 0. The molecule has 0 N–H and O–H groups in total. The molecule has 5 heteroatoms. The summed E-state index contributed by atoms with van der Waals surface area (Å²) in [6, 6.07) is 28.7. The molecule has 1 aliphatic heterocycles. The van der Waals surface area contributed by atoms with Crippen LogP contribution in [0.3, 0.4) is 0 Å². The Kier molecular flexibility index (Phi) is 4.90. The molecular weight excluding hydrogens is 420 g/mol. The average molecular weight is 435 g/mol. The van der Waals surface area contributed by atoms with Crippen LogP contribution >= 0.6 is 46.6 Å². The van der Waals surface area contributed by atoms with Crippen molar-refractivity contribution in [3.05, 3.63) is 113 Å². The number of hydrogen-bond acceptors (Lipinski definition) is 1. The van der Waals surface area contributed by atoms with Gasteiger partial charge in [0, 0.05) is 17.3 Å². The summed E-state index contributed by atoms with van der Waals surface area (Å²) >= 11 is 28.3. The van der Waals surface area contributed by atoms with Crippen molar-refractivity contribution in [2.75, 3.05) is 0 Å². The number of halogens is 4. The fourth-order valence-electron chi connectivity index (χ4n) is 3.48. The molecule has 1 heterocycles. The number of nitrogens with zero attached hydrogens (tertiary/aromatic N) is 1. The van der Waals surface area contributed by atoms with Gasteiger partial charge >= 0.3 is 0 Å². The van der Waals surface area contributed by atoms with Crippen molar-refractivity contribution in [2.45, 2.75) is 9.87 Å². The highest BCUT2D eigenvalue weighted by molar-refractivity contribution is 6.49. The topological polar surface area (TPSA) is 3.24 Å². The van der Waals surface area contributed by atoms with Gasteiger partial charge in [0.1, 0.15) is 4.87 Å². The summed E-state index contributed by atoms with van der Waals surface area (Å²) in [4.78, 5) is -2.59. The van der Waals surface area contributed by atoms with Crippen LogP contribution < -0.4 is 0 Å². The Labute approximate surface area is 178 Å². The van der Waals surface area contributed by atoms with Gasteiger partial charge in [-0.1, -0.05) is 114 Å². The maximum Gasteiger partial charge on any atom is 0.183 e. The predicted molar refractivity (Wildman–Crippen MR) is 115 cm³/mol. The van der Waals surface area contributed by atoms with Gasteiger partial charge in [-0.2, -0.15) is 0 Å². The Balaban J connectivity index is 2.03. The Bertz CT molecular complexity index is 975. The second-order valence-corrected chi connectivity index (χ2v) is 8.15. The molecule has 0 fully saturated rings. The van der Waals surface area contributed by atoms with Crippen molar-refractivity contribution in [1.29, 1.82) is 0 Å². The Morgan fingerprint density at radius 2 is 1.07 bits per heavy atom. The molecule has 0 spiro atoms. The van der Waals surface area contributed by atoms with E-state index in [0.717, 1.165) is 16.7 Å². The van der Waals surface area contributed by atoms with Crippen LogP contribution in [0.15, 0.2) is 96.0 Å². The molecule has 0 bridgehead atoms. The molecule has 136 valence electrons. The monoisotopic (exact) mass is 433 g/mol. The van der Waals surface area contributed by atoms with Gasteiger partial charge in [0.2, 0.25) is 0 Å². The zero-order valence-corrected chi connectivity index (χ0v) is 17.1. The fraction of sp³-hybridized carbons (Fsp3) is 0.0909.